The molecule has 2 aromatic heterocycles. The molecule has 0 unspecified atom stereocenters. The number of nitrogens with zero attached hydrogens (tertiary/aromatic N) is 3. The molecule has 1 aliphatic heterocycles. The minimum Gasteiger partial charge on any atom is -0.497 e. The first-order valence-corrected chi connectivity index (χ1v) is 8.96. The number of piperidine rings is 1. The van der Waals surface area contributed by atoms with E-state index in [2.05, 4.69) is 9.97 Å². The predicted octanol–water partition coefficient (Wildman–Crippen LogP) is 2.30. The summed E-state index contributed by atoms with van der Waals surface area (Å²) in [6, 6.07) is 9.72. The maximum Gasteiger partial charge on any atom is 0.128 e. The van der Waals surface area contributed by atoms with Gasteiger partial charge in [-0.2, -0.15) is 0 Å². The normalized spacial score (nSPS) is 20.8. The number of rotatable bonds is 3. The highest BCUT2D eigenvalue weighted by atomic mass is 32.1. The van der Waals surface area contributed by atoms with Crippen LogP contribution in [0.3, 0.4) is 0 Å². The van der Waals surface area contributed by atoms with E-state index in [1.807, 2.05) is 35.2 Å². The molecule has 1 fully saturated rings. The van der Waals surface area contributed by atoms with Crippen LogP contribution in [0.1, 0.15) is 6.42 Å². The van der Waals surface area contributed by atoms with Gasteiger partial charge in [-0.05, 0) is 30.3 Å². The smallest absolute Gasteiger partial charge is 0.128 e. The molecule has 1 aromatic carbocycles. The average Bonchev–Trinajstić information content (AvgIpc) is 3.04. The lowest BCUT2D eigenvalue weighted by Crippen LogP contribution is -2.46. The first kappa shape index (κ1) is 16.3. The van der Waals surface area contributed by atoms with Crippen molar-refractivity contribution in [3.05, 3.63) is 36.5 Å². The summed E-state index contributed by atoms with van der Waals surface area (Å²) in [6.07, 6.45) is 1.16. The molecule has 1 saturated heterocycles. The second kappa shape index (κ2) is 6.59. The van der Waals surface area contributed by atoms with E-state index in [4.69, 9.17) is 4.74 Å². The Balaban J connectivity index is 1.59. The topological polar surface area (TPSA) is 78.7 Å². The second-order valence-electron chi connectivity index (χ2n) is 6.21. The summed E-state index contributed by atoms with van der Waals surface area (Å²) in [5, 5.41) is 20.5. The van der Waals surface area contributed by atoms with Crippen LogP contribution in [0, 0.1) is 0 Å². The molecule has 0 radical (unpaired) electrons. The van der Waals surface area contributed by atoms with E-state index < -0.39 is 12.2 Å². The van der Waals surface area contributed by atoms with Crippen molar-refractivity contribution in [1.29, 1.82) is 0 Å². The van der Waals surface area contributed by atoms with Gasteiger partial charge in [-0.15, -0.1) is 11.3 Å². The molecule has 130 valence electrons. The third-order valence-electron chi connectivity index (χ3n) is 4.32. The lowest BCUT2D eigenvalue weighted by molar-refractivity contribution is 0.0648. The predicted molar refractivity (Wildman–Crippen MR) is 98.2 cm³/mol. The van der Waals surface area contributed by atoms with Gasteiger partial charge in [0.2, 0.25) is 0 Å². The monoisotopic (exact) mass is 357 g/mol. The quantitative estimate of drug-likeness (QED) is 0.749. The van der Waals surface area contributed by atoms with Crippen molar-refractivity contribution in [3.63, 3.8) is 0 Å². The van der Waals surface area contributed by atoms with Gasteiger partial charge in [0.25, 0.3) is 0 Å². The number of aromatic nitrogens is 2. The Hall–Kier alpha value is -2.22. The van der Waals surface area contributed by atoms with Crippen LogP contribution in [0.25, 0.3) is 20.8 Å². The van der Waals surface area contributed by atoms with E-state index in [0.29, 0.717) is 19.5 Å². The standard InChI is InChI=1S/C18H19N3O3S/c1-24-14-3-4-15-16(7-14)25-18(20-15)11-2-5-17(19-8-11)21-9-12(22)6-13(23)10-21/h2-5,7-8,12-13,22-23H,6,9-10H2,1H3/t12-,13+. The lowest BCUT2D eigenvalue weighted by atomic mass is 10.1. The van der Waals surface area contributed by atoms with E-state index >= 15 is 0 Å². The zero-order valence-corrected chi connectivity index (χ0v) is 14.6. The molecule has 0 saturated carbocycles. The highest BCUT2D eigenvalue weighted by molar-refractivity contribution is 7.21. The summed E-state index contributed by atoms with van der Waals surface area (Å²) < 4.78 is 6.33. The van der Waals surface area contributed by atoms with Crippen LogP contribution < -0.4 is 9.64 Å². The lowest BCUT2D eigenvalue weighted by Gasteiger charge is -2.34. The van der Waals surface area contributed by atoms with E-state index in [-0.39, 0.29) is 0 Å². The van der Waals surface area contributed by atoms with Gasteiger partial charge >= 0.3 is 0 Å². The van der Waals surface area contributed by atoms with E-state index in [1.54, 1.807) is 24.6 Å². The molecule has 0 amide bonds. The Bertz CT molecular complexity index is 871. The van der Waals surface area contributed by atoms with Crippen molar-refractivity contribution < 1.29 is 14.9 Å². The van der Waals surface area contributed by atoms with Gasteiger partial charge in [0.15, 0.2) is 0 Å². The van der Waals surface area contributed by atoms with Gasteiger partial charge in [-0.3, -0.25) is 0 Å². The highest BCUT2D eigenvalue weighted by Gasteiger charge is 2.25. The zero-order chi connectivity index (χ0) is 17.4. The van der Waals surface area contributed by atoms with Gasteiger partial charge in [0.05, 0.1) is 29.5 Å². The Labute approximate surface area is 149 Å². The van der Waals surface area contributed by atoms with Gasteiger partial charge in [0.1, 0.15) is 16.6 Å². The third-order valence-corrected chi connectivity index (χ3v) is 5.39. The van der Waals surface area contributed by atoms with Crippen molar-refractivity contribution in [1.82, 2.24) is 9.97 Å². The molecule has 25 heavy (non-hydrogen) atoms. The number of pyridine rings is 1. The SMILES string of the molecule is COc1ccc2nc(-c3ccc(N4C[C@H](O)C[C@H](O)C4)nc3)sc2c1. The fourth-order valence-electron chi connectivity index (χ4n) is 3.09. The van der Waals surface area contributed by atoms with Crippen LogP contribution in [0.15, 0.2) is 36.5 Å². The minimum absolute atomic E-state index is 0.420. The molecule has 4 rings (SSSR count). The maximum absolute atomic E-state index is 9.82. The summed E-state index contributed by atoms with van der Waals surface area (Å²) in [4.78, 5) is 11.1. The molecule has 1 aliphatic rings. The van der Waals surface area contributed by atoms with Crippen LogP contribution in [0.4, 0.5) is 5.82 Å². The number of benzene rings is 1. The van der Waals surface area contributed by atoms with Crippen molar-refractivity contribution in [3.8, 4) is 16.3 Å². The number of anilines is 1. The molecular weight excluding hydrogens is 338 g/mol. The highest BCUT2D eigenvalue weighted by Crippen LogP contribution is 2.32. The van der Waals surface area contributed by atoms with Crippen molar-refractivity contribution in [2.75, 3.05) is 25.1 Å². The molecular formula is C18H19N3O3S. The second-order valence-corrected chi connectivity index (χ2v) is 7.24. The van der Waals surface area contributed by atoms with Gasteiger partial charge in [-0.1, -0.05) is 0 Å². The summed E-state index contributed by atoms with van der Waals surface area (Å²) in [7, 11) is 1.65. The molecule has 0 bridgehead atoms. The number of aliphatic hydroxyl groups excluding tert-OH is 2. The third kappa shape index (κ3) is 3.30. The summed E-state index contributed by atoms with van der Waals surface area (Å²) >= 11 is 1.60. The van der Waals surface area contributed by atoms with Crippen molar-refractivity contribution >= 4 is 27.4 Å². The number of fused-ring (bicyclic) bond motifs is 1. The fraction of sp³-hybridized carbons (Fsp3) is 0.333. The number of aliphatic hydroxyl groups is 2. The molecule has 6 nitrogen and oxygen atoms in total. The largest absolute Gasteiger partial charge is 0.497 e. The van der Waals surface area contributed by atoms with E-state index in [9.17, 15) is 10.2 Å². The Kier molecular flexibility index (Phi) is 4.29. The number of methoxy groups -OCH3 is 1. The Morgan fingerprint density at radius 1 is 1.16 bits per heavy atom. The minimum atomic E-state index is -0.524. The maximum atomic E-state index is 9.82. The first-order valence-electron chi connectivity index (χ1n) is 8.14. The Morgan fingerprint density at radius 3 is 2.64 bits per heavy atom. The molecule has 2 N–H and O–H groups in total. The summed E-state index contributed by atoms with van der Waals surface area (Å²) in [5.74, 6) is 1.57. The fourth-order valence-corrected chi connectivity index (χ4v) is 4.07. The average molecular weight is 357 g/mol. The molecule has 2 atom stereocenters. The number of β-amino-alcohol motifs (C(OH)–C–C–N with tert-alkyl or cyclic N) is 2. The number of ether oxygens (including phenoxy) is 1. The number of hydrogen-bond donors (Lipinski definition) is 2. The van der Waals surface area contributed by atoms with Crippen molar-refractivity contribution in [2.24, 2.45) is 0 Å². The van der Waals surface area contributed by atoms with Crippen LogP contribution in [-0.4, -0.2) is 52.6 Å². The first-order chi connectivity index (χ1) is 12.1. The molecule has 3 aromatic rings. The van der Waals surface area contributed by atoms with Gasteiger partial charge < -0.3 is 19.8 Å². The van der Waals surface area contributed by atoms with Gasteiger partial charge in [0, 0.05) is 31.3 Å². The summed E-state index contributed by atoms with van der Waals surface area (Å²) in [5.41, 5.74) is 1.88. The summed E-state index contributed by atoms with van der Waals surface area (Å²) in [6.45, 7) is 0.981. The van der Waals surface area contributed by atoms with Crippen LogP contribution >= 0.6 is 11.3 Å². The number of thiazole rings is 1. The zero-order valence-electron chi connectivity index (χ0n) is 13.8. The van der Waals surface area contributed by atoms with Crippen LogP contribution in [0.2, 0.25) is 0 Å². The van der Waals surface area contributed by atoms with E-state index in [0.717, 1.165) is 32.4 Å². The molecule has 7 heteroatoms. The van der Waals surface area contributed by atoms with E-state index in [1.165, 1.54) is 0 Å². The van der Waals surface area contributed by atoms with Crippen LogP contribution in [0.5, 0.6) is 5.75 Å². The molecule has 0 spiro atoms. The van der Waals surface area contributed by atoms with Crippen molar-refractivity contribution in [2.45, 2.75) is 18.6 Å². The Morgan fingerprint density at radius 2 is 1.96 bits per heavy atom. The number of hydrogen-bond acceptors (Lipinski definition) is 7. The molecule has 3 heterocycles. The van der Waals surface area contributed by atoms with Gasteiger partial charge in [-0.25, -0.2) is 9.97 Å². The van der Waals surface area contributed by atoms with Crippen LogP contribution in [-0.2, 0) is 0 Å². The molecule has 0 aliphatic carbocycles.